The van der Waals surface area contributed by atoms with E-state index in [1.54, 1.807) is 6.07 Å². The van der Waals surface area contributed by atoms with Crippen LogP contribution in [0.15, 0.2) is 34.4 Å². The van der Waals surface area contributed by atoms with E-state index in [1.807, 2.05) is 0 Å². The Hall–Kier alpha value is -2.57. The molecule has 0 amide bonds. The maximum Gasteiger partial charge on any atom is 0.296 e. The summed E-state index contributed by atoms with van der Waals surface area (Å²) < 4.78 is 31.1. The number of benzene rings is 1. The highest BCUT2D eigenvalue weighted by molar-refractivity contribution is 7.86. The van der Waals surface area contributed by atoms with Gasteiger partial charge >= 0.3 is 0 Å². The summed E-state index contributed by atoms with van der Waals surface area (Å²) in [5.74, 6) is 0. The van der Waals surface area contributed by atoms with Crippen molar-refractivity contribution < 1.29 is 13.0 Å². The zero-order chi connectivity index (χ0) is 15.3. The van der Waals surface area contributed by atoms with E-state index in [4.69, 9.17) is 31.9 Å². The number of anilines is 1. The first-order valence-electron chi connectivity index (χ1n) is 4.82. The largest absolute Gasteiger partial charge is 0.345 e. The van der Waals surface area contributed by atoms with Crippen molar-refractivity contribution >= 4 is 27.4 Å². The van der Waals surface area contributed by atoms with E-state index < -0.39 is 20.6 Å². The van der Waals surface area contributed by atoms with Crippen molar-refractivity contribution in [2.75, 3.05) is 5.32 Å². The van der Waals surface area contributed by atoms with Crippen molar-refractivity contribution in [2.45, 2.75) is 4.90 Å². The first-order valence-corrected chi connectivity index (χ1v) is 6.64. The smallest absolute Gasteiger partial charge is 0.296 e. The minimum absolute atomic E-state index is 0.0709. The highest BCUT2D eigenvalue weighted by Gasteiger charge is 2.16. The molecule has 0 saturated carbocycles. The fraction of sp³-hybridized carbons (Fsp3) is 0. The molecule has 20 heavy (non-hydrogen) atoms. The molecule has 0 atom stereocenters. The Labute approximate surface area is 119 Å². The van der Waals surface area contributed by atoms with Gasteiger partial charge in [0.1, 0.15) is 28.8 Å². The highest BCUT2D eigenvalue weighted by atomic mass is 35.5. The van der Waals surface area contributed by atoms with Gasteiger partial charge in [0.2, 0.25) is 0 Å². The number of hydrogen-bond donors (Lipinski definition) is 2. The topological polar surface area (TPSA) is 138 Å². The van der Waals surface area contributed by atoms with Crippen LogP contribution in [0.3, 0.4) is 0 Å². The van der Waals surface area contributed by atoms with E-state index in [0.717, 1.165) is 6.07 Å². The van der Waals surface area contributed by atoms with E-state index in [0.29, 0.717) is 0 Å². The molecule has 0 aliphatic heterocycles. The molecule has 100 valence electrons. The van der Waals surface area contributed by atoms with Crippen molar-refractivity contribution in [3.05, 3.63) is 34.5 Å². The number of hydrogen-bond acceptors (Lipinski definition) is 6. The number of nitrogens with zero attached hydrogens (tertiary/aromatic N) is 3. The molecule has 0 saturated heterocycles. The fourth-order valence-corrected chi connectivity index (χ4v) is 2.21. The molecule has 0 aromatic heterocycles. The minimum Gasteiger partial charge on any atom is -0.345 e. The Morgan fingerprint density at radius 2 is 1.80 bits per heavy atom. The lowest BCUT2D eigenvalue weighted by Crippen LogP contribution is -2.04. The average Bonchev–Trinajstić information content (AvgIpc) is 2.39. The summed E-state index contributed by atoms with van der Waals surface area (Å²) >= 11 is 5.62. The second kappa shape index (κ2) is 6.05. The van der Waals surface area contributed by atoms with Gasteiger partial charge in [-0.15, -0.1) is 0 Å². The Morgan fingerprint density at radius 1 is 1.20 bits per heavy atom. The fourth-order valence-electron chi connectivity index (χ4n) is 1.21. The highest BCUT2D eigenvalue weighted by Crippen LogP contribution is 2.25. The van der Waals surface area contributed by atoms with Crippen LogP contribution in [0.25, 0.3) is 0 Å². The zero-order valence-corrected chi connectivity index (χ0v) is 11.2. The van der Waals surface area contributed by atoms with E-state index in [1.165, 1.54) is 24.3 Å². The number of nitrogens with one attached hydrogen (secondary N) is 1. The number of halogens is 1. The Kier molecular flexibility index (Phi) is 4.68. The van der Waals surface area contributed by atoms with Crippen LogP contribution < -0.4 is 5.32 Å². The molecular formula is C11H5ClN4O3S. The van der Waals surface area contributed by atoms with Crippen molar-refractivity contribution in [3.8, 4) is 18.2 Å². The first kappa shape index (κ1) is 15.5. The summed E-state index contributed by atoms with van der Waals surface area (Å²) in [5.41, 5.74) is -0.740. The van der Waals surface area contributed by atoms with Crippen molar-refractivity contribution in [1.82, 2.24) is 0 Å². The van der Waals surface area contributed by atoms with Crippen LogP contribution in [0, 0.1) is 34.0 Å². The third-order valence-corrected chi connectivity index (χ3v) is 3.40. The van der Waals surface area contributed by atoms with Gasteiger partial charge in [0, 0.05) is 5.69 Å². The molecular weight excluding hydrogens is 304 g/mol. The predicted molar refractivity (Wildman–Crippen MR) is 68.8 cm³/mol. The second-order valence-electron chi connectivity index (χ2n) is 3.33. The van der Waals surface area contributed by atoms with Crippen molar-refractivity contribution in [1.29, 1.82) is 15.8 Å². The van der Waals surface area contributed by atoms with Crippen LogP contribution in [0.1, 0.15) is 0 Å². The molecule has 0 aliphatic carbocycles. The van der Waals surface area contributed by atoms with Gasteiger partial charge in [-0.25, -0.2) is 0 Å². The molecule has 0 fully saturated rings. The normalized spacial score (nSPS) is 9.75. The van der Waals surface area contributed by atoms with Gasteiger partial charge in [0.05, 0.1) is 5.02 Å². The maximum absolute atomic E-state index is 11.1. The van der Waals surface area contributed by atoms with Crippen LogP contribution in [-0.2, 0) is 10.1 Å². The van der Waals surface area contributed by atoms with E-state index >= 15 is 0 Å². The van der Waals surface area contributed by atoms with Gasteiger partial charge in [0.15, 0.2) is 5.57 Å². The molecule has 0 radical (unpaired) electrons. The molecule has 0 bridgehead atoms. The van der Waals surface area contributed by atoms with E-state index in [9.17, 15) is 8.42 Å². The molecule has 0 aliphatic rings. The molecule has 7 nitrogen and oxygen atoms in total. The SMILES string of the molecule is N#CC(C#N)=C(C#N)Nc1ccc(Cl)c(S(=O)(=O)O)c1. The van der Waals surface area contributed by atoms with Gasteiger partial charge in [-0.1, -0.05) is 11.6 Å². The Morgan fingerprint density at radius 3 is 2.25 bits per heavy atom. The van der Waals surface area contributed by atoms with Crippen LogP contribution in [0.5, 0.6) is 0 Å². The molecule has 1 aromatic rings. The third-order valence-electron chi connectivity index (χ3n) is 2.06. The molecule has 0 unspecified atom stereocenters. The average molecular weight is 309 g/mol. The number of allylic oxidation sites excluding steroid dienone is 2. The van der Waals surface area contributed by atoms with Crippen molar-refractivity contribution in [2.24, 2.45) is 0 Å². The maximum atomic E-state index is 11.1. The summed E-state index contributed by atoms with van der Waals surface area (Å²) in [5, 5.41) is 28.4. The van der Waals surface area contributed by atoms with E-state index in [2.05, 4.69) is 5.32 Å². The summed E-state index contributed by atoms with van der Waals surface area (Å²) in [7, 11) is -4.53. The van der Waals surface area contributed by atoms with Crippen LogP contribution in [0.4, 0.5) is 5.69 Å². The molecule has 9 heteroatoms. The van der Waals surface area contributed by atoms with Gasteiger partial charge in [0.25, 0.3) is 10.1 Å². The summed E-state index contributed by atoms with van der Waals surface area (Å²) in [6, 6.07) is 8.12. The minimum atomic E-state index is -4.53. The Bertz CT molecular complexity index is 794. The summed E-state index contributed by atoms with van der Waals surface area (Å²) in [6.07, 6.45) is 0. The molecule has 2 N–H and O–H groups in total. The van der Waals surface area contributed by atoms with Gasteiger partial charge in [-0.3, -0.25) is 4.55 Å². The monoisotopic (exact) mass is 308 g/mol. The van der Waals surface area contributed by atoms with Crippen molar-refractivity contribution in [3.63, 3.8) is 0 Å². The third kappa shape index (κ3) is 3.47. The van der Waals surface area contributed by atoms with Crippen LogP contribution in [0.2, 0.25) is 5.02 Å². The standard InChI is InChI=1S/C11H5ClN4O3S/c12-9-2-1-8(3-11(9)20(17,18)19)16-10(6-15)7(4-13)5-14/h1-3,16H,(H,17,18,19). The first-order chi connectivity index (χ1) is 9.33. The lowest BCUT2D eigenvalue weighted by Gasteiger charge is -2.07. The van der Waals surface area contributed by atoms with Gasteiger partial charge in [-0.05, 0) is 18.2 Å². The molecule has 1 aromatic carbocycles. The lowest BCUT2D eigenvalue weighted by atomic mass is 10.2. The zero-order valence-electron chi connectivity index (χ0n) is 9.62. The quantitative estimate of drug-likeness (QED) is 0.641. The molecule has 0 spiro atoms. The number of nitriles is 3. The molecule has 1 rings (SSSR count). The Balaban J connectivity index is 3.34. The van der Waals surface area contributed by atoms with Gasteiger partial charge in [-0.2, -0.15) is 24.2 Å². The van der Waals surface area contributed by atoms with E-state index in [-0.39, 0.29) is 16.4 Å². The number of rotatable bonds is 3. The summed E-state index contributed by atoms with van der Waals surface area (Å²) in [4.78, 5) is -0.558. The van der Waals surface area contributed by atoms with Crippen LogP contribution >= 0.6 is 11.6 Å². The van der Waals surface area contributed by atoms with Crippen LogP contribution in [-0.4, -0.2) is 13.0 Å². The lowest BCUT2D eigenvalue weighted by molar-refractivity contribution is 0.483. The van der Waals surface area contributed by atoms with Gasteiger partial charge < -0.3 is 5.32 Å². The summed E-state index contributed by atoms with van der Waals surface area (Å²) in [6.45, 7) is 0. The second-order valence-corrected chi connectivity index (χ2v) is 5.13. The molecule has 0 heterocycles. The predicted octanol–water partition coefficient (Wildman–Crippen LogP) is 1.82.